The van der Waals surface area contributed by atoms with Crippen LogP contribution >= 0.6 is 0 Å². The van der Waals surface area contributed by atoms with Crippen molar-refractivity contribution in [2.75, 3.05) is 12.3 Å². The van der Waals surface area contributed by atoms with Gasteiger partial charge in [0.2, 0.25) is 0 Å². The third-order valence-electron chi connectivity index (χ3n) is 1.70. The molecule has 1 rings (SSSR count). The summed E-state index contributed by atoms with van der Waals surface area (Å²) >= 11 is 0. The lowest BCUT2D eigenvalue weighted by molar-refractivity contribution is -0.120. The van der Waals surface area contributed by atoms with Crippen LogP contribution in [0.5, 0.6) is 0 Å². The van der Waals surface area contributed by atoms with E-state index in [1.165, 1.54) is 6.92 Å². The van der Waals surface area contributed by atoms with Crippen molar-refractivity contribution in [3.8, 4) is 0 Å². The first-order valence-electron chi connectivity index (χ1n) is 4.33. The quantitative estimate of drug-likeness (QED) is 0.626. The van der Waals surface area contributed by atoms with Crippen LogP contribution in [0.4, 0.5) is 14.5 Å². The van der Waals surface area contributed by atoms with Crippen molar-refractivity contribution in [1.82, 2.24) is 0 Å². The Kier molecular flexibility index (Phi) is 3.55. The summed E-state index contributed by atoms with van der Waals surface area (Å²) in [6.45, 7) is 0.729. The number of carbonyl (C=O) groups excluding carboxylic acids is 2. The first kappa shape index (κ1) is 12.1. The number of nitrogens with two attached hydrogens (primary N) is 1. The van der Waals surface area contributed by atoms with Gasteiger partial charge in [0.05, 0.1) is 5.69 Å². The van der Waals surface area contributed by atoms with Gasteiger partial charge in [-0.05, 0) is 13.0 Å². The van der Waals surface area contributed by atoms with Crippen LogP contribution in [0.25, 0.3) is 0 Å². The first-order valence-corrected chi connectivity index (χ1v) is 4.33. The van der Waals surface area contributed by atoms with Crippen LogP contribution in [-0.4, -0.2) is 18.4 Å². The standard InChI is InChI=1S/C10H9F2NO3/c1-5(14)4-16-10(15)9-7(12)2-6(11)3-8(9)13/h2-3H,4,13H2,1H3. The zero-order valence-corrected chi connectivity index (χ0v) is 8.42. The van der Waals surface area contributed by atoms with E-state index < -0.39 is 35.6 Å². The van der Waals surface area contributed by atoms with Crippen molar-refractivity contribution in [1.29, 1.82) is 0 Å². The molecule has 0 aliphatic carbocycles. The van der Waals surface area contributed by atoms with Crippen LogP contribution in [0.2, 0.25) is 0 Å². The Balaban J connectivity index is 2.95. The second-order valence-electron chi connectivity index (χ2n) is 3.13. The first-order chi connectivity index (χ1) is 7.41. The van der Waals surface area contributed by atoms with Gasteiger partial charge in [-0.1, -0.05) is 0 Å². The maximum Gasteiger partial charge on any atom is 0.343 e. The molecule has 0 aliphatic rings. The minimum atomic E-state index is -1.12. The van der Waals surface area contributed by atoms with E-state index in [-0.39, 0.29) is 5.69 Å². The maximum absolute atomic E-state index is 13.2. The van der Waals surface area contributed by atoms with E-state index in [4.69, 9.17) is 5.73 Å². The molecule has 0 unspecified atom stereocenters. The van der Waals surface area contributed by atoms with Gasteiger partial charge < -0.3 is 10.5 Å². The van der Waals surface area contributed by atoms with E-state index in [1.807, 2.05) is 0 Å². The molecule has 0 saturated heterocycles. The molecule has 86 valence electrons. The van der Waals surface area contributed by atoms with Crippen molar-refractivity contribution < 1.29 is 23.1 Å². The number of nitrogen functional groups attached to an aromatic ring is 1. The van der Waals surface area contributed by atoms with Crippen molar-refractivity contribution >= 4 is 17.4 Å². The number of ketones is 1. The third-order valence-corrected chi connectivity index (χ3v) is 1.70. The van der Waals surface area contributed by atoms with Crippen molar-refractivity contribution in [2.45, 2.75) is 6.92 Å². The number of rotatable bonds is 3. The molecule has 4 nitrogen and oxygen atoms in total. The highest BCUT2D eigenvalue weighted by molar-refractivity contribution is 5.96. The molecule has 0 atom stereocenters. The van der Waals surface area contributed by atoms with Gasteiger partial charge in [0.1, 0.15) is 23.8 Å². The van der Waals surface area contributed by atoms with Crippen LogP contribution in [0.3, 0.4) is 0 Å². The minimum Gasteiger partial charge on any atom is -0.454 e. The van der Waals surface area contributed by atoms with Gasteiger partial charge in [-0.2, -0.15) is 0 Å². The summed E-state index contributed by atoms with van der Waals surface area (Å²) < 4.78 is 30.3. The number of hydrogen-bond acceptors (Lipinski definition) is 4. The van der Waals surface area contributed by atoms with Crippen molar-refractivity contribution in [3.05, 3.63) is 29.3 Å². The Morgan fingerprint density at radius 2 is 2.00 bits per heavy atom. The number of Topliss-reactive ketones (excluding diaryl/α,β-unsaturated/α-hetero) is 1. The second-order valence-corrected chi connectivity index (χ2v) is 3.13. The Hall–Kier alpha value is -1.98. The summed E-state index contributed by atoms with van der Waals surface area (Å²) in [6, 6.07) is 1.31. The molecule has 0 aromatic heterocycles. The van der Waals surface area contributed by atoms with Crippen LogP contribution in [0.1, 0.15) is 17.3 Å². The fraction of sp³-hybridized carbons (Fsp3) is 0.200. The topological polar surface area (TPSA) is 69.4 Å². The summed E-state index contributed by atoms with van der Waals surface area (Å²) in [5.74, 6) is -3.50. The Morgan fingerprint density at radius 1 is 1.38 bits per heavy atom. The van der Waals surface area contributed by atoms with E-state index in [9.17, 15) is 18.4 Å². The molecular weight excluding hydrogens is 220 g/mol. The molecule has 0 aliphatic heterocycles. The monoisotopic (exact) mass is 229 g/mol. The van der Waals surface area contributed by atoms with Gasteiger partial charge in [-0.25, -0.2) is 13.6 Å². The summed E-state index contributed by atoms with van der Waals surface area (Å²) in [7, 11) is 0. The van der Waals surface area contributed by atoms with E-state index in [1.54, 1.807) is 0 Å². The lowest BCUT2D eigenvalue weighted by Crippen LogP contribution is -2.15. The number of hydrogen-bond donors (Lipinski definition) is 1. The van der Waals surface area contributed by atoms with E-state index in [0.29, 0.717) is 6.07 Å². The largest absolute Gasteiger partial charge is 0.454 e. The average Bonchev–Trinajstić information content (AvgIpc) is 2.12. The number of benzene rings is 1. The number of ether oxygens (including phenoxy) is 1. The number of carbonyl (C=O) groups is 2. The van der Waals surface area contributed by atoms with Crippen molar-refractivity contribution in [3.63, 3.8) is 0 Å². The molecule has 0 fully saturated rings. The number of esters is 1. The Labute approximate surface area is 90.0 Å². The van der Waals surface area contributed by atoms with Crippen LogP contribution < -0.4 is 5.73 Å². The fourth-order valence-electron chi connectivity index (χ4n) is 1.05. The minimum absolute atomic E-state index is 0.369. The summed E-state index contributed by atoms with van der Waals surface area (Å²) in [5.41, 5.74) is 4.33. The molecule has 0 heterocycles. The normalized spacial score (nSPS) is 9.94. The molecule has 1 aromatic rings. The average molecular weight is 229 g/mol. The van der Waals surface area contributed by atoms with Crippen LogP contribution in [0, 0.1) is 11.6 Å². The predicted molar refractivity (Wildman–Crippen MR) is 51.7 cm³/mol. The van der Waals surface area contributed by atoms with Gasteiger partial charge >= 0.3 is 5.97 Å². The Morgan fingerprint density at radius 3 is 2.50 bits per heavy atom. The van der Waals surface area contributed by atoms with Gasteiger partial charge in [0.15, 0.2) is 5.78 Å². The maximum atomic E-state index is 13.2. The summed E-state index contributed by atoms with van der Waals surface area (Å²) in [6.07, 6.45) is 0. The molecule has 16 heavy (non-hydrogen) atoms. The lowest BCUT2D eigenvalue weighted by atomic mass is 10.1. The van der Waals surface area contributed by atoms with Crippen molar-refractivity contribution in [2.24, 2.45) is 0 Å². The molecule has 0 spiro atoms. The summed E-state index contributed by atoms with van der Waals surface area (Å²) in [4.78, 5) is 21.8. The highest BCUT2D eigenvalue weighted by Gasteiger charge is 2.18. The molecule has 0 radical (unpaired) electrons. The van der Waals surface area contributed by atoms with Crippen LogP contribution in [0.15, 0.2) is 12.1 Å². The number of halogens is 2. The van der Waals surface area contributed by atoms with Gasteiger partial charge in [0, 0.05) is 6.07 Å². The molecule has 0 amide bonds. The van der Waals surface area contributed by atoms with Gasteiger partial charge in [-0.15, -0.1) is 0 Å². The lowest BCUT2D eigenvalue weighted by Gasteiger charge is -2.06. The molecule has 1 aromatic carbocycles. The highest BCUT2D eigenvalue weighted by Crippen LogP contribution is 2.18. The van der Waals surface area contributed by atoms with Gasteiger partial charge in [0.25, 0.3) is 0 Å². The molecule has 0 bridgehead atoms. The smallest absolute Gasteiger partial charge is 0.343 e. The molecule has 0 saturated carbocycles. The molecule has 2 N–H and O–H groups in total. The van der Waals surface area contributed by atoms with Crippen LogP contribution in [-0.2, 0) is 9.53 Å². The highest BCUT2D eigenvalue weighted by atomic mass is 19.1. The SMILES string of the molecule is CC(=O)COC(=O)c1c(N)cc(F)cc1F. The zero-order valence-electron chi connectivity index (χ0n) is 8.42. The molecule has 6 heteroatoms. The predicted octanol–water partition coefficient (Wildman–Crippen LogP) is 1.29. The third kappa shape index (κ3) is 2.75. The second kappa shape index (κ2) is 4.69. The fourth-order valence-corrected chi connectivity index (χ4v) is 1.05. The Bertz CT molecular complexity index is 423. The van der Waals surface area contributed by atoms with E-state index >= 15 is 0 Å². The van der Waals surface area contributed by atoms with E-state index in [0.717, 1.165) is 6.07 Å². The van der Waals surface area contributed by atoms with E-state index in [2.05, 4.69) is 4.74 Å². The summed E-state index contributed by atoms with van der Waals surface area (Å²) in [5, 5.41) is 0. The number of anilines is 1. The van der Waals surface area contributed by atoms with Gasteiger partial charge in [-0.3, -0.25) is 4.79 Å². The molecular formula is C10H9F2NO3. The zero-order chi connectivity index (χ0) is 12.3.